The summed E-state index contributed by atoms with van der Waals surface area (Å²) in [6.45, 7) is 20.0. The summed E-state index contributed by atoms with van der Waals surface area (Å²) in [5, 5.41) is 5.49. The molecule has 202 valence electrons. The van der Waals surface area contributed by atoms with Crippen LogP contribution in [0.25, 0.3) is 27.1 Å². The molecule has 0 saturated carbocycles. The monoisotopic (exact) mass is 624 g/mol. The first-order chi connectivity index (χ1) is 16.8. The minimum Gasteiger partial charge on any atom is -1.00 e. The number of rotatable bonds is 1. The Labute approximate surface area is 257 Å². The number of furan rings is 1. The van der Waals surface area contributed by atoms with Crippen LogP contribution in [0.1, 0.15) is 79.0 Å². The van der Waals surface area contributed by atoms with Gasteiger partial charge in [-0.2, -0.15) is 17.7 Å². The second kappa shape index (κ2) is 14.2. The molecule has 0 fully saturated rings. The molecule has 5 rings (SSSR count). The smallest absolute Gasteiger partial charge is 1.00 e. The molecule has 38 heavy (non-hydrogen) atoms. The van der Waals surface area contributed by atoms with Crippen molar-refractivity contribution < 1.29 is 53.5 Å². The summed E-state index contributed by atoms with van der Waals surface area (Å²) in [5.41, 5.74) is 5.46. The number of halogens is 2. The quantitative estimate of drug-likeness (QED) is 0.294. The molecule has 1 aliphatic carbocycles. The molecule has 0 amide bonds. The Morgan fingerprint density at radius 1 is 0.842 bits per heavy atom. The maximum atomic E-state index is 4.97. The van der Waals surface area contributed by atoms with Crippen molar-refractivity contribution in [2.75, 3.05) is 0 Å². The van der Waals surface area contributed by atoms with E-state index in [4.69, 9.17) is 4.42 Å². The number of hydrogen-bond acceptors (Lipinski definition) is 1. The average molecular weight is 627 g/mol. The van der Waals surface area contributed by atoms with Gasteiger partial charge in [-0.25, -0.2) is 0 Å². The van der Waals surface area contributed by atoms with Crippen molar-refractivity contribution in [1.82, 2.24) is 0 Å². The van der Waals surface area contributed by atoms with Crippen molar-refractivity contribution in [1.29, 1.82) is 0 Å². The summed E-state index contributed by atoms with van der Waals surface area (Å²) in [4.78, 5) is 0. The molecule has 0 spiro atoms. The fraction of sp³-hybridized carbons (Fsp3) is 0.353. The SMILES string of the molecule is CC(C)(C)c1ccc2[cH-]c3ccc(C(C)(C)C)cc3c2c1.CC1[C-]=C(c2ccoc2)C=C1.C[C](C)=[Zr+2].[Cl-].[Cl-]. The molecule has 1 aromatic heterocycles. The molecule has 1 unspecified atom stereocenters. The Balaban J connectivity index is 0.000000358. The van der Waals surface area contributed by atoms with Crippen LogP contribution < -0.4 is 24.8 Å². The second-order valence-electron chi connectivity index (χ2n) is 12.0. The summed E-state index contributed by atoms with van der Waals surface area (Å²) in [7, 11) is 0. The molecule has 0 radical (unpaired) electrons. The van der Waals surface area contributed by atoms with Gasteiger partial charge in [-0.1, -0.05) is 101 Å². The molecule has 1 nitrogen and oxygen atoms in total. The van der Waals surface area contributed by atoms with Gasteiger partial charge in [0.25, 0.3) is 0 Å². The maximum absolute atomic E-state index is 4.97. The topological polar surface area (TPSA) is 13.1 Å². The third kappa shape index (κ3) is 9.25. The van der Waals surface area contributed by atoms with E-state index in [1.54, 1.807) is 36.8 Å². The largest absolute Gasteiger partial charge is 1.00 e. The van der Waals surface area contributed by atoms with E-state index >= 15 is 0 Å². The van der Waals surface area contributed by atoms with Gasteiger partial charge in [0.05, 0.1) is 6.26 Å². The standard InChI is InChI=1S/C21H25.C10H9O.C3H6.2ClH.Zr/c1-20(2,3)16-9-7-14-11-15-8-10-17(21(4,5)6)13-19(15)18(14)12-16;1-8-2-3-9(6-8)10-4-5-11-7-10;1-3-2;;;/h7-13H,1-6H3;2-5,7-8H,1H3;1-2H3;2*1H;/q2*-1;;;;+2/p-2. The van der Waals surface area contributed by atoms with Gasteiger partial charge in [-0.05, 0) is 10.8 Å². The van der Waals surface area contributed by atoms with Crippen LogP contribution in [0, 0.1) is 12.0 Å². The molecule has 0 aliphatic heterocycles. The first kappa shape index (κ1) is 34.4. The van der Waals surface area contributed by atoms with E-state index < -0.39 is 0 Å². The van der Waals surface area contributed by atoms with Crippen LogP contribution in [0.5, 0.6) is 0 Å². The zero-order valence-electron chi connectivity index (χ0n) is 24.2. The van der Waals surface area contributed by atoms with Crippen molar-refractivity contribution in [3.63, 3.8) is 0 Å². The predicted molar refractivity (Wildman–Crippen MR) is 154 cm³/mol. The van der Waals surface area contributed by atoms with E-state index in [9.17, 15) is 0 Å². The zero-order chi connectivity index (χ0) is 26.7. The first-order valence-electron chi connectivity index (χ1n) is 12.8. The minimum atomic E-state index is 0. The van der Waals surface area contributed by atoms with Crippen LogP contribution in [0.3, 0.4) is 0 Å². The van der Waals surface area contributed by atoms with Gasteiger partial charge < -0.3 is 29.2 Å². The van der Waals surface area contributed by atoms with Crippen LogP contribution in [0.15, 0.2) is 77.6 Å². The van der Waals surface area contributed by atoms with Gasteiger partial charge in [0, 0.05) is 6.26 Å². The van der Waals surface area contributed by atoms with E-state index in [0.717, 1.165) is 11.1 Å². The first-order valence-corrected chi connectivity index (χ1v) is 14.0. The normalized spacial score (nSPS) is 14.5. The fourth-order valence-electron chi connectivity index (χ4n) is 4.11. The minimum absolute atomic E-state index is 0. The van der Waals surface area contributed by atoms with Crippen molar-refractivity contribution in [3.8, 4) is 0 Å². The van der Waals surface area contributed by atoms with Gasteiger partial charge >= 0.3 is 41.3 Å². The molecule has 4 aromatic rings. The molecular formula is C34H40Cl2OZr-2. The molecule has 0 saturated heterocycles. The Kier molecular flexibility index (Phi) is 12.8. The average Bonchev–Trinajstić information content (AvgIpc) is 3.51. The molecule has 4 heteroatoms. The van der Waals surface area contributed by atoms with E-state index in [2.05, 4.69) is 123 Å². The second-order valence-corrected chi connectivity index (χ2v) is 14.4. The van der Waals surface area contributed by atoms with Gasteiger partial charge in [0.1, 0.15) is 0 Å². The van der Waals surface area contributed by atoms with Crippen molar-refractivity contribution >= 4 is 30.3 Å². The predicted octanol–water partition coefficient (Wildman–Crippen LogP) is 3.73. The number of benzene rings is 2. The van der Waals surface area contributed by atoms with Crippen LogP contribution in [0.4, 0.5) is 0 Å². The van der Waals surface area contributed by atoms with Crippen molar-refractivity contribution in [2.24, 2.45) is 5.92 Å². The van der Waals surface area contributed by atoms with Crippen LogP contribution in [-0.4, -0.2) is 3.21 Å². The van der Waals surface area contributed by atoms with Crippen molar-refractivity contribution in [3.05, 3.63) is 96.0 Å². The fourth-order valence-corrected chi connectivity index (χ4v) is 4.11. The van der Waals surface area contributed by atoms with E-state index in [1.165, 1.54) is 35.9 Å². The van der Waals surface area contributed by atoms with Crippen LogP contribution >= 0.6 is 0 Å². The molecular weight excluding hydrogens is 587 g/mol. The van der Waals surface area contributed by atoms with E-state index in [-0.39, 0.29) is 35.6 Å². The van der Waals surface area contributed by atoms with Crippen molar-refractivity contribution in [2.45, 2.75) is 73.1 Å². The molecule has 0 N–H and O–H groups in total. The van der Waals surface area contributed by atoms with E-state index in [0.29, 0.717) is 5.92 Å². The third-order valence-electron chi connectivity index (χ3n) is 6.21. The maximum Gasteiger partial charge on any atom is -1.00 e. The van der Waals surface area contributed by atoms with Gasteiger partial charge in [0.15, 0.2) is 0 Å². The number of hydrogen-bond donors (Lipinski definition) is 0. The Bertz CT molecular complexity index is 1320. The summed E-state index contributed by atoms with van der Waals surface area (Å²) in [6, 6.07) is 18.1. The summed E-state index contributed by atoms with van der Waals surface area (Å²) >= 11 is 1.55. The van der Waals surface area contributed by atoms with Gasteiger partial charge in [-0.3, -0.25) is 0 Å². The molecule has 1 aliphatic rings. The summed E-state index contributed by atoms with van der Waals surface area (Å²) in [5.74, 6) is 0.444. The zero-order valence-corrected chi connectivity index (χ0v) is 28.1. The van der Waals surface area contributed by atoms with Crippen LogP contribution in [0.2, 0.25) is 0 Å². The van der Waals surface area contributed by atoms with Gasteiger partial charge in [-0.15, -0.1) is 45.8 Å². The molecule has 3 aromatic carbocycles. The van der Waals surface area contributed by atoms with Crippen LogP contribution in [-0.2, 0) is 35.1 Å². The molecule has 0 bridgehead atoms. The Morgan fingerprint density at radius 2 is 1.32 bits per heavy atom. The summed E-state index contributed by atoms with van der Waals surface area (Å²) in [6.07, 6.45) is 10.9. The number of fused-ring (bicyclic) bond motifs is 3. The Morgan fingerprint density at radius 3 is 1.66 bits per heavy atom. The van der Waals surface area contributed by atoms with Gasteiger partial charge in [0.2, 0.25) is 0 Å². The molecule has 1 heterocycles. The number of allylic oxidation sites excluding steroid dienone is 4. The van der Waals surface area contributed by atoms with E-state index in [1.807, 2.05) is 6.07 Å². The Hall–Kier alpha value is -1.60. The summed E-state index contributed by atoms with van der Waals surface area (Å²) < 4.78 is 6.47. The third-order valence-corrected chi connectivity index (χ3v) is 6.21. The molecule has 1 atom stereocenters.